The molecule has 3 aromatic carbocycles. The Morgan fingerprint density at radius 1 is 1.00 bits per heavy atom. The molecule has 0 fully saturated rings. The van der Waals surface area contributed by atoms with Crippen molar-refractivity contribution in [2.24, 2.45) is 0 Å². The molecule has 7 heteroatoms. The monoisotopic (exact) mass is 490 g/mol. The summed E-state index contributed by atoms with van der Waals surface area (Å²) in [6.07, 6.45) is 0.805. The van der Waals surface area contributed by atoms with Crippen LogP contribution in [-0.4, -0.2) is 11.8 Å². The smallest absolute Gasteiger partial charge is 0.258 e. The molecule has 2 amide bonds. The van der Waals surface area contributed by atoms with E-state index in [0.717, 1.165) is 34.9 Å². The number of carbonyl (C=O) groups is 2. The van der Waals surface area contributed by atoms with E-state index in [1.165, 1.54) is 17.0 Å². The molecule has 5 rings (SSSR count). The molecule has 0 atom stereocenters. The molecule has 1 N–H and O–H groups in total. The van der Waals surface area contributed by atoms with Crippen molar-refractivity contribution in [2.75, 3.05) is 10.2 Å². The lowest BCUT2D eigenvalue weighted by molar-refractivity contribution is 0.0983. The maximum Gasteiger partial charge on any atom is 0.258 e. The number of thiophene rings is 1. The van der Waals surface area contributed by atoms with Crippen molar-refractivity contribution in [3.05, 3.63) is 116 Å². The van der Waals surface area contributed by atoms with Crippen LogP contribution in [-0.2, 0) is 13.0 Å². The maximum absolute atomic E-state index is 13.7. The molecule has 2 heterocycles. The Morgan fingerprint density at radius 3 is 2.65 bits per heavy atom. The van der Waals surface area contributed by atoms with Crippen molar-refractivity contribution < 1.29 is 14.0 Å². The average Bonchev–Trinajstić information content (AvgIpc) is 3.19. The van der Waals surface area contributed by atoms with E-state index in [1.54, 1.807) is 29.5 Å². The molecule has 1 aromatic heterocycles. The third-order valence-electron chi connectivity index (χ3n) is 5.93. The SMILES string of the molecule is Cc1cc(NC(=O)c2cc(F)ccc2Cl)ccc1C(=O)N1Cc2ccsc2Cc2ccccc21. The van der Waals surface area contributed by atoms with E-state index < -0.39 is 11.7 Å². The quantitative estimate of drug-likeness (QED) is 0.341. The van der Waals surface area contributed by atoms with Gasteiger partial charge in [-0.05, 0) is 77.5 Å². The molecule has 0 spiro atoms. The first-order valence-electron chi connectivity index (χ1n) is 10.7. The number of nitrogens with zero attached hydrogens (tertiary/aromatic N) is 1. The third kappa shape index (κ3) is 4.22. The van der Waals surface area contributed by atoms with Crippen molar-refractivity contribution in [3.63, 3.8) is 0 Å². The lowest BCUT2D eigenvalue weighted by Gasteiger charge is -2.24. The van der Waals surface area contributed by atoms with Crippen LogP contribution in [0.3, 0.4) is 0 Å². The van der Waals surface area contributed by atoms with Crippen LogP contribution in [0.4, 0.5) is 15.8 Å². The maximum atomic E-state index is 13.7. The van der Waals surface area contributed by atoms with Crippen molar-refractivity contribution in [3.8, 4) is 0 Å². The van der Waals surface area contributed by atoms with Crippen LogP contribution in [0.15, 0.2) is 72.1 Å². The molecule has 0 unspecified atom stereocenters. The molecule has 0 radical (unpaired) electrons. The van der Waals surface area contributed by atoms with E-state index in [9.17, 15) is 14.0 Å². The summed E-state index contributed by atoms with van der Waals surface area (Å²) >= 11 is 7.76. The number of hydrogen-bond acceptors (Lipinski definition) is 3. The highest BCUT2D eigenvalue weighted by atomic mass is 35.5. The summed E-state index contributed by atoms with van der Waals surface area (Å²) in [6.45, 7) is 2.34. The van der Waals surface area contributed by atoms with Crippen LogP contribution in [0.1, 0.15) is 42.3 Å². The van der Waals surface area contributed by atoms with Gasteiger partial charge >= 0.3 is 0 Å². The average molecular weight is 491 g/mol. The first kappa shape index (κ1) is 22.3. The number of anilines is 2. The van der Waals surface area contributed by atoms with E-state index >= 15 is 0 Å². The minimum absolute atomic E-state index is 0.0483. The molecular formula is C27H20ClFN2O2S. The van der Waals surface area contributed by atoms with Gasteiger partial charge in [-0.3, -0.25) is 9.59 Å². The van der Waals surface area contributed by atoms with Gasteiger partial charge in [0.25, 0.3) is 11.8 Å². The van der Waals surface area contributed by atoms with Crippen LogP contribution in [0.5, 0.6) is 0 Å². The van der Waals surface area contributed by atoms with Gasteiger partial charge in [0.1, 0.15) is 5.82 Å². The second kappa shape index (κ2) is 9.05. The van der Waals surface area contributed by atoms with Crippen LogP contribution < -0.4 is 10.2 Å². The van der Waals surface area contributed by atoms with Gasteiger partial charge in [0.15, 0.2) is 0 Å². The summed E-state index contributed by atoms with van der Waals surface area (Å²) in [5, 5.41) is 4.96. The number of rotatable bonds is 3. The number of nitrogens with one attached hydrogen (secondary N) is 1. The van der Waals surface area contributed by atoms with E-state index in [0.29, 0.717) is 17.8 Å². The summed E-state index contributed by atoms with van der Waals surface area (Å²) in [5.74, 6) is -1.16. The first-order valence-corrected chi connectivity index (χ1v) is 12.0. The Balaban J connectivity index is 1.43. The van der Waals surface area contributed by atoms with Crippen molar-refractivity contribution in [1.82, 2.24) is 0 Å². The highest BCUT2D eigenvalue weighted by molar-refractivity contribution is 7.10. The van der Waals surface area contributed by atoms with Crippen LogP contribution in [0.25, 0.3) is 0 Å². The number of fused-ring (bicyclic) bond motifs is 2. The molecule has 170 valence electrons. The minimum Gasteiger partial charge on any atom is -0.322 e. The van der Waals surface area contributed by atoms with Gasteiger partial charge in [-0.25, -0.2) is 4.39 Å². The molecule has 1 aliphatic heterocycles. The molecule has 4 aromatic rings. The predicted molar refractivity (Wildman–Crippen MR) is 135 cm³/mol. The van der Waals surface area contributed by atoms with Gasteiger partial charge in [-0.2, -0.15) is 0 Å². The van der Waals surface area contributed by atoms with Gasteiger partial charge in [0.2, 0.25) is 0 Å². The molecule has 1 aliphatic rings. The lowest BCUT2D eigenvalue weighted by atomic mass is 10.0. The lowest BCUT2D eigenvalue weighted by Crippen LogP contribution is -2.31. The van der Waals surface area contributed by atoms with Gasteiger partial charge in [-0.1, -0.05) is 29.8 Å². The van der Waals surface area contributed by atoms with Crippen LogP contribution >= 0.6 is 22.9 Å². The second-order valence-electron chi connectivity index (χ2n) is 8.17. The number of carbonyl (C=O) groups excluding carboxylic acids is 2. The first-order chi connectivity index (χ1) is 16.4. The predicted octanol–water partition coefficient (Wildman–Crippen LogP) is 6.85. The number of para-hydroxylation sites is 1. The Hall–Kier alpha value is -3.48. The van der Waals surface area contributed by atoms with Gasteiger partial charge in [-0.15, -0.1) is 11.3 Å². The fraction of sp³-hybridized carbons (Fsp3) is 0.111. The molecule has 0 bridgehead atoms. The highest BCUT2D eigenvalue weighted by Gasteiger charge is 2.26. The fourth-order valence-corrected chi connectivity index (χ4v) is 5.32. The molecule has 0 saturated carbocycles. The Morgan fingerprint density at radius 2 is 1.82 bits per heavy atom. The Bertz CT molecular complexity index is 1430. The van der Waals surface area contributed by atoms with E-state index in [-0.39, 0.29) is 16.5 Å². The van der Waals surface area contributed by atoms with Crippen molar-refractivity contribution in [2.45, 2.75) is 19.9 Å². The minimum atomic E-state index is -0.543. The van der Waals surface area contributed by atoms with E-state index in [4.69, 9.17) is 11.6 Å². The summed E-state index contributed by atoms with van der Waals surface area (Å²) in [7, 11) is 0. The van der Waals surface area contributed by atoms with Crippen LogP contribution in [0.2, 0.25) is 5.02 Å². The van der Waals surface area contributed by atoms with Gasteiger partial charge < -0.3 is 10.2 Å². The molecule has 0 aliphatic carbocycles. The normalized spacial score (nSPS) is 12.5. The highest BCUT2D eigenvalue weighted by Crippen LogP contribution is 2.34. The van der Waals surface area contributed by atoms with Gasteiger partial charge in [0.05, 0.1) is 17.1 Å². The largest absolute Gasteiger partial charge is 0.322 e. The molecular weight excluding hydrogens is 471 g/mol. The standard InChI is InChI=1S/C27H20ClFN2O2S/c1-16-12-20(30-26(32)22-14-19(29)6-9-23(22)28)7-8-21(16)27(33)31-15-18-10-11-34-25(18)13-17-4-2-3-5-24(17)31/h2-12,14H,13,15H2,1H3,(H,30,32). The van der Waals surface area contributed by atoms with E-state index in [2.05, 4.69) is 22.8 Å². The number of halogens is 2. The Labute approximate surface area is 205 Å². The van der Waals surface area contributed by atoms with Crippen molar-refractivity contribution >= 4 is 46.1 Å². The zero-order valence-electron chi connectivity index (χ0n) is 18.3. The zero-order chi connectivity index (χ0) is 23.8. The molecule has 0 saturated heterocycles. The zero-order valence-corrected chi connectivity index (χ0v) is 19.8. The van der Waals surface area contributed by atoms with Crippen LogP contribution in [0, 0.1) is 12.7 Å². The Kier molecular flexibility index (Phi) is 5.94. The van der Waals surface area contributed by atoms with Crippen molar-refractivity contribution in [1.29, 1.82) is 0 Å². The summed E-state index contributed by atoms with van der Waals surface area (Å²) in [6, 6.07) is 18.8. The molecule has 34 heavy (non-hydrogen) atoms. The summed E-state index contributed by atoms with van der Waals surface area (Å²) in [5.41, 5.74) is 5.00. The summed E-state index contributed by atoms with van der Waals surface area (Å²) < 4.78 is 13.6. The third-order valence-corrected chi connectivity index (χ3v) is 7.23. The topological polar surface area (TPSA) is 49.4 Å². The number of aryl methyl sites for hydroxylation is 1. The number of hydrogen-bond donors (Lipinski definition) is 1. The fourth-order valence-electron chi connectivity index (χ4n) is 4.19. The van der Waals surface area contributed by atoms with E-state index in [1.807, 2.05) is 30.0 Å². The number of benzene rings is 3. The molecule has 4 nitrogen and oxygen atoms in total. The van der Waals surface area contributed by atoms with Gasteiger partial charge in [0, 0.05) is 28.2 Å². The second-order valence-corrected chi connectivity index (χ2v) is 9.58. The number of amides is 2. The summed E-state index contributed by atoms with van der Waals surface area (Å²) in [4.78, 5) is 29.4.